The molecule has 1 aliphatic carbocycles. The predicted molar refractivity (Wildman–Crippen MR) is 74.8 cm³/mol. The Balaban J connectivity index is 1.94. The first-order valence-corrected chi connectivity index (χ1v) is 6.95. The maximum absolute atomic E-state index is 12.7. The molecule has 0 spiro atoms. The van der Waals surface area contributed by atoms with Crippen LogP contribution in [-0.4, -0.2) is 12.4 Å². The topological polar surface area (TPSA) is 26.3 Å². The minimum Gasteiger partial charge on any atom is -0.500 e. The van der Waals surface area contributed by atoms with Crippen molar-refractivity contribution in [3.05, 3.63) is 59.4 Å². The SMILES string of the molecule is O=C(C1=COCC1)C(C1=CCCC1)c1ccccc1. The van der Waals surface area contributed by atoms with E-state index in [1.807, 2.05) is 18.2 Å². The number of Topliss-reactive ketones (excluding diaryl/α,β-unsaturated/α-hetero) is 1. The maximum atomic E-state index is 12.7. The van der Waals surface area contributed by atoms with Gasteiger partial charge in [0, 0.05) is 12.0 Å². The number of ketones is 1. The van der Waals surface area contributed by atoms with Gasteiger partial charge in [-0.25, -0.2) is 0 Å². The average Bonchev–Trinajstić information content (AvgIpc) is 3.13. The molecule has 0 radical (unpaired) electrons. The van der Waals surface area contributed by atoms with E-state index >= 15 is 0 Å². The van der Waals surface area contributed by atoms with Gasteiger partial charge >= 0.3 is 0 Å². The molecular weight excluding hydrogens is 236 g/mol. The second-order valence-corrected chi connectivity index (χ2v) is 5.14. The molecule has 1 heterocycles. The second-order valence-electron chi connectivity index (χ2n) is 5.14. The monoisotopic (exact) mass is 254 g/mol. The van der Waals surface area contributed by atoms with E-state index in [1.54, 1.807) is 6.26 Å². The maximum Gasteiger partial charge on any atom is 0.173 e. The molecule has 19 heavy (non-hydrogen) atoms. The number of carbonyl (C=O) groups is 1. The van der Waals surface area contributed by atoms with E-state index in [-0.39, 0.29) is 11.7 Å². The van der Waals surface area contributed by atoms with Crippen LogP contribution in [0.3, 0.4) is 0 Å². The first kappa shape index (κ1) is 12.2. The van der Waals surface area contributed by atoms with E-state index in [0.29, 0.717) is 6.61 Å². The number of allylic oxidation sites excluding steroid dienone is 2. The van der Waals surface area contributed by atoms with Gasteiger partial charge in [0.1, 0.15) is 0 Å². The number of hydrogen-bond donors (Lipinski definition) is 0. The Labute approximate surface area is 113 Å². The van der Waals surface area contributed by atoms with Crippen molar-refractivity contribution >= 4 is 5.78 Å². The summed E-state index contributed by atoms with van der Waals surface area (Å²) >= 11 is 0. The van der Waals surface area contributed by atoms with Crippen LogP contribution in [0.25, 0.3) is 0 Å². The zero-order valence-electron chi connectivity index (χ0n) is 11.0. The molecule has 1 unspecified atom stereocenters. The van der Waals surface area contributed by atoms with Crippen molar-refractivity contribution in [2.75, 3.05) is 6.61 Å². The minimum atomic E-state index is -0.100. The molecule has 2 heteroatoms. The zero-order valence-corrected chi connectivity index (χ0v) is 11.0. The normalized spacial score (nSPS) is 19.6. The number of carbonyl (C=O) groups excluding carboxylic acids is 1. The molecule has 0 bridgehead atoms. The molecule has 2 nitrogen and oxygen atoms in total. The van der Waals surface area contributed by atoms with Crippen LogP contribution in [-0.2, 0) is 9.53 Å². The summed E-state index contributed by atoms with van der Waals surface area (Å²) in [6.07, 6.45) is 7.94. The Morgan fingerprint density at radius 2 is 2.00 bits per heavy atom. The molecule has 0 aromatic heterocycles. The van der Waals surface area contributed by atoms with Crippen LogP contribution in [0.5, 0.6) is 0 Å². The molecule has 0 amide bonds. The molecule has 3 rings (SSSR count). The fourth-order valence-electron chi connectivity index (χ4n) is 2.89. The van der Waals surface area contributed by atoms with Crippen LogP contribution in [0.1, 0.15) is 37.2 Å². The largest absolute Gasteiger partial charge is 0.500 e. The summed E-state index contributed by atoms with van der Waals surface area (Å²) < 4.78 is 5.22. The molecule has 1 aliphatic heterocycles. The van der Waals surface area contributed by atoms with Gasteiger partial charge in [-0.3, -0.25) is 4.79 Å². The summed E-state index contributed by atoms with van der Waals surface area (Å²) in [6, 6.07) is 10.1. The highest BCUT2D eigenvalue weighted by Crippen LogP contribution is 2.36. The second kappa shape index (κ2) is 5.43. The van der Waals surface area contributed by atoms with Gasteiger partial charge in [0.25, 0.3) is 0 Å². The summed E-state index contributed by atoms with van der Waals surface area (Å²) in [5.41, 5.74) is 3.22. The zero-order chi connectivity index (χ0) is 13.1. The van der Waals surface area contributed by atoms with Gasteiger partial charge in [0.15, 0.2) is 5.78 Å². The van der Waals surface area contributed by atoms with Crippen molar-refractivity contribution in [2.24, 2.45) is 0 Å². The molecule has 0 saturated carbocycles. The molecule has 1 aromatic carbocycles. The highest BCUT2D eigenvalue weighted by molar-refractivity contribution is 6.02. The van der Waals surface area contributed by atoms with Crippen LogP contribution in [0.2, 0.25) is 0 Å². The standard InChI is InChI=1S/C17H18O2/c18-17(15-10-11-19-12-15)16(14-8-4-5-9-14)13-6-2-1-3-7-13/h1-3,6-8,12,16H,4-5,9-11H2. The lowest BCUT2D eigenvalue weighted by molar-refractivity contribution is -0.116. The van der Waals surface area contributed by atoms with Gasteiger partial charge in [-0.05, 0) is 24.8 Å². The molecule has 0 N–H and O–H groups in total. The average molecular weight is 254 g/mol. The van der Waals surface area contributed by atoms with E-state index in [9.17, 15) is 4.79 Å². The van der Waals surface area contributed by atoms with E-state index in [0.717, 1.165) is 30.4 Å². The van der Waals surface area contributed by atoms with Crippen LogP contribution >= 0.6 is 0 Å². The van der Waals surface area contributed by atoms with E-state index in [1.165, 1.54) is 12.0 Å². The third-order valence-corrected chi connectivity index (χ3v) is 3.87. The van der Waals surface area contributed by atoms with Crippen molar-refractivity contribution in [1.82, 2.24) is 0 Å². The van der Waals surface area contributed by atoms with Gasteiger partial charge in [0.05, 0.1) is 18.8 Å². The Kier molecular flexibility index (Phi) is 3.49. The van der Waals surface area contributed by atoms with Crippen molar-refractivity contribution in [1.29, 1.82) is 0 Å². The van der Waals surface area contributed by atoms with Crippen LogP contribution < -0.4 is 0 Å². The highest BCUT2D eigenvalue weighted by atomic mass is 16.5. The minimum absolute atomic E-state index is 0.100. The Morgan fingerprint density at radius 3 is 2.63 bits per heavy atom. The van der Waals surface area contributed by atoms with E-state index in [4.69, 9.17) is 4.74 Å². The van der Waals surface area contributed by atoms with E-state index < -0.39 is 0 Å². The summed E-state index contributed by atoms with van der Waals surface area (Å²) in [4.78, 5) is 12.7. The number of ether oxygens (including phenoxy) is 1. The van der Waals surface area contributed by atoms with Crippen LogP contribution in [0, 0.1) is 0 Å². The lowest BCUT2D eigenvalue weighted by Crippen LogP contribution is -2.16. The van der Waals surface area contributed by atoms with Crippen LogP contribution in [0.15, 0.2) is 53.8 Å². The molecule has 2 aliphatic rings. The third kappa shape index (κ3) is 2.48. The van der Waals surface area contributed by atoms with Crippen molar-refractivity contribution in [3.8, 4) is 0 Å². The first-order chi connectivity index (χ1) is 9.36. The summed E-state index contributed by atoms with van der Waals surface area (Å²) in [5.74, 6) is 0.119. The third-order valence-electron chi connectivity index (χ3n) is 3.87. The van der Waals surface area contributed by atoms with Gasteiger partial charge in [-0.1, -0.05) is 42.0 Å². The lowest BCUT2D eigenvalue weighted by Gasteiger charge is -2.18. The van der Waals surface area contributed by atoms with Crippen molar-refractivity contribution in [2.45, 2.75) is 31.6 Å². The smallest absolute Gasteiger partial charge is 0.173 e. The van der Waals surface area contributed by atoms with Gasteiger partial charge in [0.2, 0.25) is 0 Å². The highest BCUT2D eigenvalue weighted by Gasteiger charge is 2.29. The summed E-state index contributed by atoms with van der Waals surface area (Å²) in [6.45, 7) is 0.641. The fourth-order valence-corrected chi connectivity index (χ4v) is 2.89. The Morgan fingerprint density at radius 1 is 1.16 bits per heavy atom. The lowest BCUT2D eigenvalue weighted by atomic mass is 9.84. The summed E-state index contributed by atoms with van der Waals surface area (Å²) in [7, 11) is 0. The van der Waals surface area contributed by atoms with Gasteiger partial charge in [-0.15, -0.1) is 0 Å². The molecule has 98 valence electrons. The Hall–Kier alpha value is -1.83. The van der Waals surface area contributed by atoms with E-state index in [2.05, 4.69) is 18.2 Å². The molecule has 1 atom stereocenters. The van der Waals surface area contributed by atoms with Crippen LogP contribution in [0.4, 0.5) is 0 Å². The summed E-state index contributed by atoms with van der Waals surface area (Å²) in [5, 5.41) is 0. The molecule has 0 fully saturated rings. The number of benzene rings is 1. The molecular formula is C17H18O2. The van der Waals surface area contributed by atoms with Crippen molar-refractivity contribution < 1.29 is 9.53 Å². The number of hydrogen-bond acceptors (Lipinski definition) is 2. The van der Waals surface area contributed by atoms with Gasteiger partial charge in [-0.2, -0.15) is 0 Å². The molecule has 0 saturated heterocycles. The van der Waals surface area contributed by atoms with Gasteiger partial charge < -0.3 is 4.74 Å². The van der Waals surface area contributed by atoms with Crippen molar-refractivity contribution in [3.63, 3.8) is 0 Å². The number of rotatable bonds is 4. The quantitative estimate of drug-likeness (QED) is 0.765. The fraction of sp³-hybridized carbons (Fsp3) is 0.353. The first-order valence-electron chi connectivity index (χ1n) is 6.95. The Bertz CT molecular complexity index is 525. The predicted octanol–water partition coefficient (Wildman–Crippen LogP) is 3.75. The molecule has 1 aromatic rings.